The maximum Gasteiger partial charge on any atom is 0.0628 e. The number of aliphatic hydroxyl groups is 1. The third-order valence-electron chi connectivity index (χ3n) is 9.70. The van der Waals surface area contributed by atoms with E-state index < -0.39 is 5.60 Å². The lowest BCUT2D eigenvalue weighted by atomic mass is 9.49. The standard InChI is InChI=1S/C23H40O/c1-5-16-10-12-19-18-11-9-17-8-6-7-13-22(17,3)20(18)14-21(2,24)15-23(16,19)4/h16-20,24H,5-15H2,1-4H3. The van der Waals surface area contributed by atoms with Crippen LogP contribution in [-0.4, -0.2) is 10.7 Å². The summed E-state index contributed by atoms with van der Waals surface area (Å²) in [5.74, 6) is 4.32. The Kier molecular flexibility index (Phi) is 4.15. The van der Waals surface area contributed by atoms with Crippen LogP contribution in [0.1, 0.15) is 98.3 Å². The van der Waals surface area contributed by atoms with E-state index in [1.165, 1.54) is 57.8 Å². The second-order valence-electron chi connectivity index (χ2n) is 11.0. The summed E-state index contributed by atoms with van der Waals surface area (Å²) in [5, 5.41) is 11.4. The van der Waals surface area contributed by atoms with Crippen LogP contribution < -0.4 is 0 Å². The number of rotatable bonds is 1. The molecule has 4 fully saturated rings. The van der Waals surface area contributed by atoms with Crippen LogP contribution in [0.2, 0.25) is 0 Å². The molecule has 4 saturated carbocycles. The average Bonchev–Trinajstić information content (AvgIpc) is 2.78. The predicted molar refractivity (Wildman–Crippen MR) is 101 cm³/mol. The summed E-state index contributed by atoms with van der Waals surface area (Å²) >= 11 is 0. The highest BCUT2D eigenvalue weighted by Crippen LogP contribution is 2.67. The Balaban J connectivity index is 1.74. The van der Waals surface area contributed by atoms with Gasteiger partial charge in [-0.3, -0.25) is 0 Å². The first kappa shape index (κ1) is 17.4. The summed E-state index contributed by atoms with van der Waals surface area (Å²) in [7, 11) is 0. The zero-order chi connectivity index (χ0) is 17.2. The van der Waals surface area contributed by atoms with E-state index in [0.29, 0.717) is 10.8 Å². The van der Waals surface area contributed by atoms with Crippen molar-refractivity contribution in [2.45, 2.75) is 104 Å². The molecule has 4 rings (SSSR count). The van der Waals surface area contributed by atoms with Crippen LogP contribution in [0.3, 0.4) is 0 Å². The molecule has 0 aromatic rings. The molecular formula is C23H40O. The first-order chi connectivity index (χ1) is 11.3. The lowest BCUT2D eigenvalue weighted by Crippen LogP contribution is -2.48. The first-order valence-corrected chi connectivity index (χ1v) is 11.0. The minimum absolute atomic E-state index is 0.384. The maximum absolute atomic E-state index is 11.4. The summed E-state index contributed by atoms with van der Waals surface area (Å²) in [5.41, 5.74) is 0.447. The Morgan fingerprint density at radius 3 is 2.42 bits per heavy atom. The smallest absolute Gasteiger partial charge is 0.0628 e. The largest absolute Gasteiger partial charge is 0.390 e. The van der Waals surface area contributed by atoms with Crippen molar-refractivity contribution in [1.29, 1.82) is 0 Å². The SMILES string of the molecule is CCC1CCC2C3CCC4CCCCC4(C)C3CC(C)(O)CC12C. The van der Waals surface area contributed by atoms with Crippen molar-refractivity contribution in [2.24, 2.45) is 40.4 Å². The van der Waals surface area contributed by atoms with Crippen molar-refractivity contribution in [3.8, 4) is 0 Å². The third-order valence-corrected chi connectivity index (χ3v) is 9.70. The molecule has 138 valence electrons. The molecule has 0 heterocycles. The summed E-state index contributed by atoms with van der Waals surface area (Å²) < 4.78 is 0. The molecule has 8 atom stereocenters. The second kappa shape index (κ2) is 5.73. The lowest BCUT2D eigenvalue weighted by molar-refractivity contribution is -0.0789. The molecule has 1 nitrogen and oxygen atoms in total. The summed E-state index contributed by atoms with van der Waals surface area (Å²) in [4.78, 5) is 0. The van der Waals surface area contributed by atoms with Gasteiger partial charge >= 0.3 is 0 Å². The normalized spacial score (nSPS) is 57.6. The van der Waals surface area contributed by atoms with Gasteiger partial charge < -0.3 is 5.11 Å². The monoisotopic (exact) mass is 332 g/mol. The van der Waals surface area contributed by atoms with Gasteiger partial charge in [-0.15, -0.1) is 0 Å². The first-order valence-electron chi connectivity index (χ1n) is 11.0. The Labute approximate surface area is 150 Å². The van der Waals surface area contributed by atoms with Gasteiger partial charge in [-0.25, -0.2) is 0 Å². The van der Waals surface area contributed by atoms with E-state index in [1.807, 2.05) is 0 Å². The number of fused-ring (bicyclic) bond motifs is 5. The van der Waals surface area contributed by atoms with Gasteiger partial charge in [0.1, 0.15) is 0 Å². The fourth-order valence-electron chi connectivity index (χ4n) is 8.70. The fraction of sp³-hybridized carbons (Fsp3) is 1.00. The number of hydrogen-bond donors (Lipinski definition) is 1. The van der Waals surface area contributed by atoms with E-state index in [4.69, 9.17) is 0 Å². The van der Waals surface area contributed by atoms with Crippen molar-refractivity contribution in [2.75, 3.05) is 0 Å². The molecule has 0 aromatic carbocycles. The maximum atomic E-state index is 11.4. The van der Waals surface area contributed by atoms with E-state index in [-0.39, 0.29) is 0 Å². The van der Waals surface area contributed by atoms with Gasteiger partial charge in [0, 0.05) is 0 Å². The zero-order valence-corrected chi connectivity index (χ0v) is 16.6. The highest BCUT2D eigenvalue weighted by atomic mass is 16.3. The fourth-order valence-corrected chi connectivity index (χ4v) is 8.70. The van der Waals surface area contributed by atoms with E-state index >= 15 is 0 Å². The van der Waals surface area contributed by atoms with Crippen LogP contribution in [0, 0.1) is 40.4 Å². The highest BCUT2D eigenvalue weighted by molar-refractivity contribution is 5.10. The zero-order valence-electron chi connectivity index (χ0n) is 16.6. The van der Waals surface area contributed by atoms with Gasteiger partial charge in [0.15, 0.2) is 0 Å². The van der Waals surface area contributed by atoms with Crippen LogP contribution in [0.15, 0.2) is 0 Å². The summed E-state index contributed by atoms with van der Waals surface area (Å²) in [6, 6.07) is 0. The second-order valence-corrected chi connectivity index (χ2v) is 11.0. The predicted octanol–water partition coefficient (Wildman–Crippen LogP) is 6.20. The minimum Gasteiger partial charge on any atom is -0.390 e. The van der Waals surface area contributed by atoms with Crippen molar-refractivity contribution in [3.63, 3.8) is 0 Å². The summed E-state index contributed by atoms with van der Waals surface area (Å²) in [6.07, 6.45) is 15.0. The summed E-state index contributed by atoms with van der Waals surface area (Å²) in [6.45, 7) is 9.75. The molecule has 0 spiro atoms. The number of hydrogen-bond acceptors (Lipinski definition) is 1. The van der Waals surface area contributed by atoms with Gasteiger partial charge in [-0.1, -0.05) is 40.0 Å². The average molecular weight is 333 g/mol. The van der Waals surface area contributed by atoms with Gasteiger partial charge in [-0.05, 0) is 98.7 Å². The Hall–Kier alpha value is -0.0400. The molecule has 0 aliphatic heterocycles. The van der Waals surface area contributed by atoms with E-state index in [2.05, 4.69) is 27.7 Å². The van der Waals surface area contributed by atoms with Crippen molar-refractivity contribution >= 4 is 0 Å². The van der Waals surface area contributed by atoms with Gasteiger partial charge in [-0.2, -0.15) is 0 Å². The Morgan fingerprint density at radius 2 is 1.67 bits per heavy atom. The van der Waals surface area contributed by atoms with Crippen molar-refractivity contribution < 1.29 is 5.11 Å². The van der Waals surface area contributed by atoms with Crippen LogP contribution in [0.4, 0.5) is 0 Å². The molecule has 4 aliphatic carbocycles. The van der Waals surface area contributed by atoms with E-state index in [9.17, 15) is 5.11 Å². The molecule has 0 amide bonds. The molecule has 1 heteroatoms. The minimum atomic E-state index is -0.452. The van der Waals surface area contributed by atoms with Gasteiger partial charge in [0.05, 0.1) is 5.60 Å². The van der Waals surface area contributed by atoms with Crippen LogP contribution in [0.5, 0.6) is 0 Å². The van der Waals surface area contributed by atoms with E-state index in [1.54, 1.807) is 0 Å². The molecule has 1 N–H and O–H groups in total. The molecule has 8 unspecified atom stereocenters. The lowest BCUT2D eigenvalue weighted by Gasteiger charge is -2.56. The molecule has 0 bridgehead atoms. The molecule has 0 saturated heterocycles. The molecule has 0 aromatic heterocycles. The Bertz CT molecular complexity index is 482. The van der Waals surface area contributed by atoms with Crippen LogP contribution >= 0.6 is 0 Å². The highest BCUT2D eigenvalue weighted by Gasteiger charge is 2.60. The van der Waals surface area contributed by atoms with Gasteiger partial charge in [0.2, 0.25) is 0 Å². The Morgan fingerprint density at radius 1 is 0.875 bits per heavy atom. The molecule has 4 aliphatic rings. The molecule has 24 heavy (non-hydrogen) atoms. The van der Waals surface area contributed by atoms with Crippen LogP contribution in [0.25, 0.3) is 0 Å². The van der Waals surface area contributed by atoms with E-state index in [0.717, 1.165) is 42.4 Å². The van der Waals surface area contributed by atoms with Crippen LogP contribution in [-0.2, 0) is 0 Å². The van der Waals surface area contributed by atoms with Gasteiger partial charge in [0.25, 0.3) is 0 Å². The van der Waals surface area contributed by atoms with Crippen molar-refractivity contribution in [1.82, 2.24) is 0 Å². The van der Waals surface area contributed by atoms with Crippen molar-refractivity contribution in [3.05, 3.63) is 0 Å². The third kappa shape index (κ3) is 2.43. The quantitative estimate of drug-likeness (QED) is 0.606. The molecular weight excluding hydrogens is 292 g/mol. The molecule has 0 radical (unpaired) electrons. The topological polar surface area (TPSA) is 20.2 Å².